The minimum Gasteiger partial charge on any atom is -0.151 e. The maximum absolute atomic E-state index is 6.36. The zero-order chi connectivity index (χ0) is 11.4. The van der Waals surface area contributed by atoms with Gasteiger partial charge in [0.15, 0.2) is 0 Å². The Morgan fingerprint density at radius 2 is 1.94 bits per heavy atom. The Balaban J connectivity index is 1.94. The van der Waals surface area contributed by atoms with E-state index in [4.69, 9.17) is 11.6 Å². The molecule has 0 spiro atoms. The van der Waals surface area contributed by atoms with E-state index in [9.17, 15) is 0 Å². The van der Waals surface area contributed by atoms with Crippen LogP contribution in [0.25, 0.3) is 0 Å². The minimum atomic E-state index is 0.105. The molecule has 1 heterocycles. The Bertz CT molecular complexity index is 438. The summed E-state index contributed by atoms with van der Waals surface area (Å²) in [6.07, 6.45) is 1.99. The summed E-state index contributed by atoms with van der Waals surface area (Å²) >= 11 is 11.6. The molecule has 84 valence electrons. The van der Waals surface area contributed by atoms with E-state index in [0.717, 1.165) is 12.8 Å². The molecule has 0 N–H and O–H groups in total. The average Bonchev–Trinajstić information content (AvgIpc) is 2.73. The molecule has 0 fully saturated rings. The van der Waals surface area contributed by atoms with Gasteiger partial charge in [0.2, 0.25) is 0 Å². The van der Waals surface area contributed by atoms with Crippen LogP contribution < -0.4 is 0 Å². The second-order valence-electron chi connectivity index (χ2n) is 3.66. The monoisotopic (exact) mass is 314 g/mol. The van der Waals surface area contributed by atoms with Gasteiger partial charge < -0.3 is 0 Å². The molecule has 1 unspecified atom stereocenters. The highest BCUT2D eigenvalue weighted by Gasteiger charge is 2.09. The van der Waals surface area contributed by atoms with Gasteiger partial charge in [-0.1, -0.05) is 30.3 Å². The topological polar surface area (TPSA) is 0 Å². The third-order valence-corrected chi connectivity index (χ3v) is 4.82. The van der Waals surface area contributed by atoms with Crippen LogP contribution in [0, 0.1) is 0 Å². The first-order chi connectivity index (χ1) is 7.77. The Morgan fingerprint density at radius 1 is 1.19 bits per heavy atom. The fourth-order valence-corrected chi connectivity index (χ4v) is 3.39. The third-order valence-electron chi connectivity index (χ3n) is 2.52. The molecule has 1 atom stereocenters. The van der Waals surface area contributed by atoms with Crippen LogP contribution in [0.2, 0.25) is 0 Å². The second-order valence-corrected chi connectivity index (χ2v) is 5.79. The van der Waals surface area contributed by atoms with Crippen LogP contribution in [0.5, 0.6) is 0 Å². The van der Waals surface area contributed by atoms with Crippen molar-refractivity contribution in [1.82, 2.24) is 0 Å². The lowest BCUT2D eigenvalue weighted by Crippen LogP contribution is -1.93. The molecule has 0 saturated carbocycles. The molecule has 0 saturated heterocycles. The summed E-state index contributed by atoms with van der Waals surface area (Å²) in [7, 11) is 0. The Kier molecular flexibility index (Phi) is 4.45. The van der Waals surface area contributed by atoms with Gasteiger partial charge in [0, 0.05) is 9.85 Å². The lowest BCUT2D eigenvalue weighted by Gasteiger charge is -2.09. The molecule has 0 aliphatic carbocycles. The molecule has 0 nitrogen and oxygen atoms in total. The van der Waals surface area contributed by atoms with Crippen LogP contribution in [-0.4, -0.2) is 0 Å². The number of alkyl halides is 1. The Hall–Kier alpha value is -0.310. The van der Waals surface area contributed by atoms with E-state index in [0.29, 0.717) is 0 Å². The van der Waals surface area contributed by atoms with Crippen molar-refractivity contribution in [2.75, 3.05) is 0 Å². The normalized spacial score (nSPS) is 12.6. The van der Waals surface area contributed by atoms with Crippen molar-refractivity contribution in [1.29, 1.82) is 0 Å². The number of benzene rings is 1. The van der Waals surface area contributed by atoms with Crippen molar-refractivity contribution >= 4 is 38.9 Å². The third kappa shape index (κ3) is 3.09. The maximum Gasteiger partial charge on any atom is 0.0588 e. The minimum absolute atomic E-state index is 0.105. The van der Waals surface area contributed by atoms with Crippen LogP contribution >= 0.6 is 38.9 Å². The van der Waals surface area contributed by atoms with Gasteiger partial charge >= 0.3 is 0 Å². The van der Waals surface area contributed by atoms with Crippen molar-refractivity contribution in [3.8, 4) is 0 Å². The summed E-state index contributed by atoms with van der Waals surface area (Å²) in [6.45, 7) is 0. The van der Waals surface area contributed by atoms with Gasteiger partial charge in [0.05, 0.1) is 5.38 Å². The van der Waals surface area contributed by atoms with Gasteiger partial charge in [-0.3, -0.25) is 0 Å². The van der Waals surface area contributed by atoms with Gasteiger partial charge in [-0.2, -0.15) is 11.3 Å². The molecule has 3 heteroatoms. The van der Waals surface area contributed by atoms with Crippen LogP contribution in [0.15, 0.2) is 45.6 Å². The number of aryl methyl sites for hydroxylation is 1. The fraction of sp³-hybridized carbons (Fsp3) is 0.231. The molecule has 0 bridgehead atoms. The lowest BCUT2D eigenvalue weighted by molar-refractivity contribution is 0.794. The predicted octanol–water partition coefficient (Wildman–Crippen LogP) is 5.42. The summed E-state index contributed by atoms with van der Waals surface area (Å²) < 4.78 is 1.20. The van der Waals surface area contributed by atoms with Crippen molar-refractivity contribution in [2.45, 2.75) is 18.2 Å². The van der Waals surface area contributed by atoms with Crippen LogP contribution in [-0.2, 0) is 6.42 Å². The summed E-state index contributed by atoms with van der Waals surface area (Å²) in [5, 5.41) is 4.40. The molecule has 0 aliphatic rings. The second kappa shape index (κ2) is 5.85. The van der Waals surface area contributed by atoms with Gasteiger partial charge in [0.1, 0.15) is 0 Å². The van der Waals surface area contributed by atoms with E-state index in [2.05, 4.69) is 38.8 Å². The smallest absolute Gasteiger partial charge is 0.0588 e. The maximum atomic E-state index is 6.36. The van der Waals surface area contributed by atoms with E-state index in [1.165, 1.54) is 15.6 Å². The number of halogens is 2. The number of hydrogen-bond acceptors (Lipinski definition) is 1. The van der Waals surface area contributed by atoms with Gasteiger partial charge in [-0.15, -0.1) is 11.6 Å². The highest BCUT2D eigenvalue weighted by atomic mass is 79.9. The first kappa shape index (κ1) is 12.2. The van der Waals surface area contributed by atoms with E-state index in [1.54, 1.807) is 11.3 Å². The molecule has 0 radical (unpaired) electrons. The zero-order valence-electron chi connectivity index (χ0n) is 8.70. The van der Waals surface area contributed by atoms with Gasteiger partial charge in [-0.25, -0.2) is 0 Å². The predicted molar refractivity (Wildman–Crippen MR) is 75.4 cm³/mol. The Morgan fingerprint density at radius 3 is 2.56 bits per heavy atom. The van der Waals surface area contributed by atoms with Crippen molar-refractivity contribution in [2.24, 2.45) is 0 Å². The molecule has 2 rings (SSSR count). The van der Waals surface area contributed by atoms with Gasteiger partial charge in [0.25, 0.3) is 0 Å². The van der Waals surface area contributed by atoms with Crippen molar-refractivity contribution in [3.63, 3.8) is 0 Å². The molecule has 16 heavy (non-hydrogen) atoms. The van der Waals surface area contributed by atoms with Crippen LogP contribution in [0.1, 0.15) is 22.9 Å². The largest absolute Gasteiger partial charge is 0.151 e. The highest BCUT2D eigenvalue weighted by Crippen LogP contribution is 2.29. The summed E-state index contributed by atoms with van der Waals surface area (Å²) in [6, 6.07) is 10.2. The molecule has 0 amide bonds. The van der Waals surface area contributed by atoms with E-state index < -0.39 is 0 Å². The van der Waals surface area contributed by atoms with Crippen LogP contribution in [0.3, 0.4) is 0 Å². The number of rotatable bonds is 4. The van der Waals surface area contributed by atoms with Crippen molar-refractivity contribution < 1.29 is 0 Å². The number of thiophene rings is 1. The first-order valence-corrected chi connectivity index (χ1v) is 7.34. The molecule has 0 aliphatic heterocycles. The summed E-state index contributed by atoms with van der Waals surface area (Å²) in [4.78, 5) is 0. The lowest BCUT2D eigenvalue weighted by atomic mass is 10.1. The molecule has 1 aromatic heterocycles. The average molecular weight is 316 g/mol. The molecule has 1 aromatic carbocycles. The van der Waals surface area contributed by atoms with E-state index in [-0.39, 0.29) is 5.38 Å². The summed E-state index contributed by atoms with van der Waals surface area (Å²) in [5.41, 5.74) is 2.56. The summed E-state index contributed by atoms with van der Waals surface area (Å²) in [5.74, 6) is 0. The fourth-order valence-electron chi connectivity index (χ4n) is 1.60. The quantitative estimate of drug-likeness (QED) is 0.661. The Labute approximate surface area is 113 Å². The van der Waals surface area contributed by atoms with E-state index in [1.807, 2.05) is 18.2 Å². The standard InChI is InChI=1S/C13H12BrClS/c14-12-9-16-8-11(12)6-7-13(15)10-4-2-1-3-5-10/h1-5,8-9,13H,6-7H2. The zero-order valence-corrected chi connectivity index (χ0v) is 11.9. The number of hydrogen-bond donors (Lipinski definition) is 0. The van der Waals surface area contributed by atoms with E-state index >= 15 is 0 Å². The molecular weight excluding hydrogens is 304 g/mol. The SMILES string of the molecule is ClC(CCc1cscc1Br)c1ccccc1. The highest BCUT2D eigenvalue weighted by molar-refractivity contribution is 9.10. The van der Waals surface area contributed by atoms with Crippen molar-refractivity contribution in [3.05, 3.63) is 56.7 Å². The molecular formula is C13H12BrClS. The first-order valence-electron chi connectivity index (χ1n) is 5.17. The van der Waals surface area contributed by atoms with Gasteiger partial charge in [-0.05, 0) is 45.3 Å². The van der Waals surface area contributed by atoms with Crippen LogP contribution in [0.4, 0.5) is 0 Å². The molecule has 2 aromatic rings.